The highest BCUT2D eigenvalue weighted by Gasteiger charge is 2.37. The Bertz CT molecular complexity index is 685. The van der Waals surface area contributed by atoms with Gasteiger partial charge in [0.25, 0.3) is 5.91 Å². The molecule has 0 saturated carbocycles. The summed E-state index contributed by atoms with van der Waals surface area (Å²) < 4.78 is 4.96. The third-order valence-corrected chi connectivity index (χ3v) is 4.95. The summed E-state index contributed by atoms with van der Waals surface area (Å²) in [5.41, 5.74) is 11.9. The van der Waals surface area contributed by atoms with E-state index in [1.54, 1.807) is 11.8 Å². The van der Waals surface area contributed by atoms with E-state index in [4.69, 9.17) is 10.5 Å². The van der Waals surface area contributed by atoms with Crippen LogP contribution in [0, 0.1) is 0 Å². The van der Waals surface area contributed by atoms with Gasteiger partial charge in [0, 0.05) is 19.5 Å². The Labute approximate surface area is 177 Å². The van der Waals surface area contributed by atoms with Gasteiger partial charge in [-0.05, 0) is 44.7 Å². The van der Waals surface area contributed by atoms with Gasteiger partial charge in [-0.1, -0.05) is 30.3 Å². The summed E-state index contributed by atoms with van der Waals surface area (Å²) in [7, 11) is 0. The standard InChI is InChI=1S/C21H33N5O4/c1-2-30-21(29)24-17(15-16-9-4-3-5-10-16)20(28)26-14-8-11-18(26)19(27)25-23-13-7-6-12-22/h3-5,9-10,17-18,23H,2,6-8,11-15,22H2,1H3,(H,24,29)(H,25,27)/t17-,18+/m1/s1. The van der Waals surface area contributed by atoms with E-state index in [1.165, 1.54) is 0 Å². The summed E-state index contributed by atoms with van der Waals surface area (Å²) in [5.74, 6) is -0.532. The zero-order valence-corrected chi connectivity index (χ0v) is 17.6. The Hall–Kier alpha value is -2.65. The third kappa shape index (κ3) is 7.31. The Morgan fingerprint density at radius 1 is 1.23 bits per heavy atom. The number of ether oxygens (including phenoxy) is 1. The number of alkyl carbamates (subject to hydrolysis) is 1. The molecule has 0 spiro atoms. The summed E-state index contributed by atoms with van der Waals surface area (Å²) in [5, 5.41) is 2.66. The number of rotatable bonds is 11. The lowest BCUT2D eigenvalue weighted by Crippen LogP contribution is -2.55. The maximum atomic E-state index is 13.3. The zero-order chi connectivity index (χ0) is 21.8. The van der Waals surface area contributed by atoms with Crippen molar-refractivity contribution in [2.45, 2.75) is 51.1 Å². The topological polar surface area (TPSA) is 126 Å². The molecule has 1 aliphatic heterocycles. The Balaban J connectivity index is 2.02. The fourth-order valence-corrected chi connectivity index (χ4v) is 3.46. The molecular formula is C21H33N5O4. The van der Waals surface area contributed by atoms with Gasteiger partial charge < -0.3 is 20.7 Å². The van der Waals surface area contributed by atoms with Crippen molar-refractivity contribution in [2.24, 2.45) is 5.73 Å². The molecule has 0 bridgehead atoms. The van der Waals surface area contributed by atoms with Crippen LogP contribution in [0.4, 0.5) is 4.79 Å². The van der Waals surface area contributed by atoms with Gasteiger partial charge in [0.15, 0.2) is 0 Å². The SMILES string of the molecule is CCOC(=O)N[C@H](Cc1ccccc1)C(=O)N1CCC[C@H]1C(=O)NNCCCCN. The quantitative estimate of drug-likeness (QED) is 0.309. The number of nitrogens with one attached hydrogen (secondary N) is 3. The molecule has 2 atom stereocenters. The molecule has 1 heterocycles. The molecule has 9 nitrogen and oxygen atoms in total. The van der Waals surface area contributed by atoms with Crippen LogP contribution in [0.5, 0.6) is 0 Å². The van der Waals surface area contributed by atoms with Crippen LogP contribution in [-0.2, 0) is 20.7 Å². The molecule has 1 aliphatic rings. The maximum absolute atomic E-state index is 13.3. The normalized spacial score (nSPS) is 16.7. The number of carbonyl (C=O) groups is 3. The van der Waals surface area contributed by atoms with Gasteiger partial charge in [0.05, 0.1) is 6.61 Å². The van der Waals surface area contributed by atoms with Crippen molar-refractivity contribution in [3.05, 3.63) is 35.9 Å². The van der Waals surface area contributed by atoms with E-state index in [-0.39, 0.29) is 18.4 Å². The molecule has 1 saturated heterocycles. The molecular weight excluding hydrogens is 386 g/mol. The predicted molar refractivity (Wildman–Crippen MR) is 113 cm³/mol. The molecule has 0 aromatic heterocycles. The molecule has 1 aromatic rings. The van der Waals surface area contributed by atoms with Crippen LogP contribution in [0.1, 0.15) is 38.2 Å². The van der Waals surface area contributed by atoms with Crippen LogP contribution in [0.2, 0.25) is 0 Å². The number of unbranched alkanes of at least 4 members (excludes halogenated alkanes) is 1. The fraction of sp³-hybridized carbons (Fsp3) is 0.571. The average Bonchev–Trinajstić information content (AvgIpc) is 3.23. The van der Waals surface area contributed by atoms with Gasteiger partial charge in [0.2, 0.25) is 5.91 Å². The number of amides is 3. The van der Waals surface area contributed by atoms with Crippen LogP contribution < -0.4 is 21.9 Å². The smallest absolute Gasteiger partial charge is 0.407 e. The number of carbonyl (C=O) groups excluding carboxylic acids is 3. The first-order chi connectivity index (χ1) is 14.6. The summed E-state index contributed by atoms with van der Waals surface area (Å²) >= 11 is 0. The molecule has 0 aliphatic carbocycles. The van der Waals surface area contributed by atoms with Crippen molar-refractivity contribution in [2.75, 3.05) is 26.2 Å². The lowest BCUT2D eigenvalue weighted by Gasteiger charge is -2.28. The number of likely N-dealkylation sites (tertiary alicyclic amines) is 1. The van der Waals surface area contributed by atoms with Crippen molar-refractivity contribution < 1.29 is 19.1 Å². The van der Waals surface area contributed by atoms with Crippen LogP contribution >= 0.6 is 0 Å². The summed E-state index contributed by atoms with van der Waals surface area (Å²) in [4.78, 5) is 39.4. The Morgan fingerprint density at radius 3 is 2.70 bits per heavy atom. The van der Waals surface area contributed by atoms with E-state index in [2.05, 4.69) is 16.2 Å². The van der Waals surface area contributed by atoms with E-state index in [0.29, 0.717) is 32.5 Å². The highest BCUT2D eigenvalue weighted by Crippen LogP contribution is 2.19. The number of benzene rings is 1. The molecule has 0 unspecified atom stereocenters. The first-order valence-corrected chi connectivity index (χ1v) is 10.6. The highest BCUT2D eigenvalue weighted by molar-refractivity contribution is 5.91. The minimum Gasteiger partial charge on any atom is -0.450 e. The van der Waals surface area contributed by atoms with E-state index >= 15 is 0 Å². The van der Waals surface area contributed by atoms with Gasteiger partial charge >= 0.3 is 6.09 Å². The van der Waals surface area contributed by atoms with E-state index in [0.717, 1.165) is 24.8 Å². The van der Waals surface area contributed by atoms with Crippen LogP contribution in [0.15, 0.2) is 30.3 Å². The molecule has 0 radical (unpaired) electrons. The van der Waals surface area contributed by atoms with Gasteiger partial charge in [0.1, 0.15) is 12.1 Å². The Morgan fingerprint density at radius 2 is 2.00 bits per heavy atom. The maximum Gasteiger partial charge on any atom is 0.407 e. The summed E-state index contributed by atoms with van der Waals surface area (Å²) in [6, 6.07) is 8.06. The lowest BCUT2D eigenvalue weighted by atomic mass is 10.0. The van der Waals surface area contributed by atoms with Gasteiger partial charge in [-0.25, -0.2) is 10.2 Å². The minimum atomic E-state index is -0.808. The molecule has 30 heavy (non-hydrogen) atoms. The largest absolute Gasteiger partial charge is 0.450 e. The van der Waals surface area contributed by atoms with Crippen molar-refractivity contribution in [1.82, 2.24) is 21.1 Å². The number of hydrogen-bond acceptors (Lipinski definition) is 6. The lowest BCUT2D eigenvalue weighted by molar-refractivity contribution is -0.140. The number of nitrogens with two attached hydrogens (primary N) is 1. The van der Waals surface area contributed by atoms with Crippen LogP contribution in [-0.4, -0.2) is 61.1 Å². The number of nitrogens with zero attached hydrogens (tertiary/aromatic N) is 1. The predicted octanol–water partition coefficient (Wildman–Crippen LogP) is 0.695. The van der Waals surface area contributed by atoms with Crippen molar-refractivity contribution in [3.8, 4) is 0 Å². The zero-order valence-electron chi connectivity index (χ0n) is 17.6. The second-order valence-electron chi connectivity index (χ2n) is 7.21. The first-order valence-electron chi connectivity index (χ1n) is 10.6. The van der Waals surface area contributed by atoms with Gasteiger partial charge in [-0.3, -0.25) is 15.0 Å². The van der Waals surface area contributed by atoms with E-state index < -0.39 is 18.2 Å². The van der Waals surface area contributed by atoms with Gasteiger partial charge in [-0.15, -0.1) is 0 Å². The molecule has 1 aromatic carbocycles. The van der Waals surface area contributed by atoms with Gasteiger partial charge in [-0.2, -0.15) is 0 Å². The molecule has 166 valence electrons. The highest BCUT2D eigenvalue weighted by atomic mass is 16.5. The van der Waals surface area contributed by atoms with E-state index in [1.807, 2.05) is 30.3 Å². The number of hydrazine groups is 1. The van der Waals surface area contributed by atoms with Crippen LogP contribution in [0.25, 0.3) is 0 Å². The number of hydrogen-bond donors (Lipinski definition) is 4. The molecule has 9 heteroatoms. The average molecular weight is 420 g/mol. The second kappa shape index (κ2) is 12.8. The monoisotopic (exact) mass is 419 g/mol. The minimum absolute atomic E-state index is 0.211. The molecule has 2 rings (SSSR count). The summed E-state index contributed by atoms with van der Waals surface area (Å²) in [6.45, 7) is 3.61. The second-order valence-corrected chi connectivity index (χ2v) is 7.21. The van der Waals surface area contributed by atoms with Crippen molar-refractivity contribution >= 4 is 17.9 Å². The van der Waals surface area contributed by atoms with E-state index in [9.17, 15) is 14.4 Å². The first kappa shape index (κ1) is 23.6. The summed E-state index contributed by atoms with van der Waals surface area (Å²) in [6.07, 6.45) is 2.72. The molecule has 1 fully saturated rings. The third-order valence-electron chi connectivity index (χ3n) is 4.95. The van der Waals surface area contributed by atoms with Crippen molar-refractivity contribution in [3.63, 3.8) is 0 Å². The molecule has 5 N–H and O–H groups in total. The molecule has 3 amide bonds. The van der Waals surface area contributed by atoms with Crippen molar-refractivity contribution in [1.29, 1.82) is 0 Å². The Kier molecular flexibility index (Phi) is 10.1. The fourth-order valence-electron chi connectivity index (χ4n) is 3.46. The van der Waals surface area contributed by atoms with Crippen LogP contribution in [0.3, 0.4) is 0 Å².